The van der Waals surface area contributed by atoms with Gasteiger partial charge in [-0.05, 0) is 36.4 Å². The number of carboxylic acid groups (broad SMARTS) is 1. The first-order valence-corrected chi connectivity index (χ1v) is 6.17. The van der Waals surface area contributed by atoms with Crippen LogP contribution in [0.3, 0.4) is 0 Å². The van der Waals surface area contributed by atoms with E-state index in [-0.39, 0.29) is 11.5 Å². The SMILES string of the molecule is O=C(O)/C=C/c1cc(Cl)ccc1Oc1cccc(F)c1F. The zero-order valence-corrected chi connectivity index (χ0v) is 11.3. The summed E-state index contributed by atoms with van der Waals surface area (Å²) in [6, 6.07) is 7.91. The van der Waals surface area contributed by atoms with E-state index in [1.807, 2.05) is 0 Å². The molecule has 108 valence electrons. The highest BCUT2D eigenvalue weighted by Gasteiger charge is 2.11. The highest BCUT2D eigenvalue weighted by molar-refractivity contribution is 6.30. The second kappa shape index (κ2) is 6.37. The van der Waals surface area contributed by atoms with E-state index in [1.54, 1.807) is 0 Å². The smallest absolute Gasteiger partial charge is 0.328 e. The van der Waals surface area contributed by atoms with Crippen LogP contribution in [0.15, 0.2) is 42.5 Å². The quantitative estimate of drug-likeness (QED) is 0.845. The van der Waals surface area contributed by atoms with Crippen molar-refractivity contribution < 1.29 is 23.4 Å². The van der Waals surface area contributed by atoms with Crippen molar-refractivity contribution in [1.29, 1.82) is 0 Å². The van der Waals surface area contributed by atoms with E-state index >= 15 is 0 Å². The standard InChI is InChI=1S/C15H9ClF2O3/c16-10-5-6-12(9(8-10)4-7-14(19)20)21-13-3-1-2-11(17)15(13)18/h1-8H,(H,19,20)/b7-4+. The molecule has 0 saturated carbocycles. The van der Waals surface area contributed by atoms with Gasteiger partial charge in [-0.3, -0.25) is 0 Å². The molecule has 0 unspecified atom stereocenters. The van der Waals surface area contributed by atoms with Crippen molar-refractivity contribution in [2.45, 2.75) is 0 Å². The van der Waals surface area contributed by atoms with Crippen LogP contribution < -0.4 is 4.74 Å². The summed E-state index contributed by atoms with van der Waals surface area (Å²) in [6.45, 7) is 0. The number of halogens is 3. The van der Waals surface area contributed by atoms with Gasteiger partial charge in [-0.1, -0.05) is 17.7 Å². The van der Waals surface area contributed by atoms with Gasteiger partial charge in [-0.15, -0.1) is 0 Å². The number of ether oxygens (including phenoxy) is 1. The summed E-state index contributed by atoms with van der Waals surface area (Å²) >= 11 is 5.82. The first kappa shape index (κ1) is 15.0. The first-order valence-electron chi connectivity index (χ1n) is 5.80. The molecule has 0 fully saturated rings. The van der Waals surface area contributed by atoms with Gasteiger partial charge in [0.05, 0.1) is 0 Å². The van der Waals surface area contributed by atoms with Gasteiger partial charge in [0.25, 0.3) is 0 Å². The molecule has 3 nitrogen and oxygen atoms in total. The van der Waals surface area contributed by atoms with Crippen LogP contribution in [0.25, 0.3) is 6.08 Å². The lowest BCUT2D eigenvalue weighted by Crippen LogP contribution is -1.94. The maximum absolute atomic E-state index is 13.6. The van der Waals surface area contributed by atoms with Gasteiger partial charge < -0.3 is 9.84 Å². The molecule has 0 heterocycles. The Labute approximate surface area is 124 Å². The van der Waals surface area contributed by atoms with Gasteiger partial charge in [0, 0.05) is 16.7 Å². The molecule has 0 amide bonds. The molecule has 1 N–H and O–H groups in total. The van der Waals surface area contributed by atoms with Crippen molar-refractivity contribution in [2.24, 2.45) is 0 Å². The summed E-state index contributed by atoms with van der Waals surface area (Å²) in [5.41, 5.74) is 0.327. The minimum atomic E-state index is -1.15. The summed E-state index contributed by atoms with van der Waals surface area (Å²) in [7, 11) is 0. The highest BCUT2D eigenvalue weighted by Crippen LogP contribution is 2.31. The molecule has 0 aliphatic carbocycles. The first-order chi connectivity index (χ1) is 9.97. The summed E-state index contributed by atoms with van der Waals surface area (Å²) in [4.78, 5) is 10.6. The normalized spacial score (nSPS) is 10.8. The molecule has 0 spiro atoms. The zero-order chi connectivity index (χ0) is 15.4. The van der Waals surface area contributed by atoms with Gasteiger partial charge in [-0.25, -0.2) is 9.18 Å². The lowest BCUT2D eigenvalue weighted by Gasteiger charge is -2.10. The zero-order valence-electron chi connectivity index (χ0n) is 10.5. The molecular formula is C15H9ClF2O3. The monoisotopic (exact) mass is 310 g/mol. The van der Waals surface area contributed by atoms with Crippen molar-refractivity contribution in [2.75, 3.05) is 0 Å². The van der Waals surface area contributed by atoms with Crippen molar-refractivity contribution in [1.82, 2.24) is 0 Å². The fourth-order valence-electron chi connectivity index (χ4n) is 1.58. The molecule has 2 aromatic carbocycles. The average Bonchev–Trinajstić information content (AvgIpc) is 2.43. The van der Waals surface area contributed by atoms with E-state index < -0.39 is 17.6 Å². The van der Waals surface area contributed by atoms with E-state index in [0.717, 1.165) is 12.1 Å². The topological polar surface area (TPSA) is 46.5 Å². The molecule has 0 radical (unpaired) electrons. The maximum Gasteiger partial charge on any atom is 0.328 e. The molecule has 0 aliphatic heterocycles. The van der Waals surface area contributed by atoms with Gasteiger partial charge in [-0.2, -0.15) is 4.39 Å². The van der Waals surface area contributed by atoms with E-state index in [9.17, 15) is 13.6 Å². The number of hydrogen-bond acceptors (Lipinski definition) is 2. The Kier molecular flexibility index (Phi) is 4.55. The van der Waals surface area contributed by atoms with Gasteiger partial charge in [0.1, 0.15) is 5.75 Å². The molecular weight excluding hydrogens is 302 g/mol. The summed E-state index contributed by atoms with van der Waals surface area (Å²) in [6.07, 6.45) is 2.14. The molecule has 0 saturated heterocycles. The van der Waals surface area contributed by atoms with Crippen LogP contribution in [0, 0.1) is 11.6 Å². The molecule has 0 atom stereocenters. The Morgan fingerprint density at radius 2 is 1.95 bits per heavy atom. The molecule has 2 rings (SSSR count). The third-order valence-electron chi connectivity index (χ3n) is 2.51. The van der Waals surface area contributed by atoms with Crippen LogP contribution in [-0.2, 0) is 4.79 Å². The largest absolute Gasteiger partial charge is 0.478 e. The molecule has 0 aliphatic rings. The fourth-order valence-corrected chi connectivity index (χ4v) is 1.77. The van der Waals surface area contributed by atoms with Crippen LogP contribution in [-0.4, -0.2) is 11.1 Å². The summed E-state index contributed by atoms with van der Waals surface area (Å²) in [5, 5.41) is 8.99. The highest BCUT2D eigenvalue weighted by atomic mass is 35.5. The van der Waals surface area contributed by atoms with E-state index in [0.29, 0.717) is 10.6 Å². The second-order valence-electron chi connectivity index (χ2n) is 4.01. The minimum Gasteiger partial charge on any atom is -0.478 e. The van der Waals surface area contributed by atoms with Gasteiger partial charge in [0.15, 0.2) is 11.6 Å². The number of hydrogen-bond donors (Lipinski definition) is 1. The van der Waals surface area contributed by atoms with Crippen LogP contribution in [0.4, 0.5) is 8.78 Å². The predicted octanol–water partition coefficient (Wildman–Crippen LogP) is 4.51. The van der Waals surface area contributed by atoms with Crippen LogP contribution in [0.1, 0.15) is 5.56 Å². The second-order valence-corrected chi connectivity index (χ2v) is 4.44. The summed E-state index contributed by atoms with van der Waals surface area (Å²) in [5.74, 6) is -3.47. The Hall–Kier alpha value is -2.40. The number of rotatable bonds is 4. The lowest BCUT2D eigenvalue weighted by atomic mass is 10.2. The van der Waals surface area contributed by atoms with Crippen LogP contribution in [0.5, 0.6) is 11.5 Å². The number of carbonyl (C=O) groups is 1. The fraction of sp³-hybridized carbons (Fsp3) is 0. The Morgan fingerprint density at radius 3 is 2.67 bits per heavy atom. The summed E-state index contributed by atoms with van der Waals surface area (Å²) < 4.78 is 32.0. The molecule has 2 aromatic rings. The predicted molar refractivity (Wildman–Crippen MR) is 74.6 cm³/mol. The minimum absolute atomic E-state index is 0.154. The maximum atomic E-state index is 13.6. The van der Waals surface area contributed by atoms with E-state index in [2.05, 4.69) is 0 Å². The van der Waals surface area contributed by atoms with Crippen LogP contribution >= 0.6 is 11.6 Å². The molecule has 21 heavy (non-hydrogen) atoms. The van der Waals surface area contributed by atoms with Crippen molar-refractivity contribution in [3.05, 3.63) is 64.7 Å². The Bertz CT molecular complexity index is 714. The van der Waals surface area contributed by atoms with Crippen molar-refractivity contribution in [3.63, 3.8) is 0 Å². The third kappa shape index (κ3) is 3.79. The average molecular weight is 311 g/mol. The number of aliphatic carboxylic acids is 1. The van der Waals surface area contributed by atoms with Crippen molar-refractivity contribution >= 4 is 23.6 Å². The lowest BCUT2D eigenvalue weighted by molar-refractivity contribution is -0.131. The molecule has 0 bridgehead atoms. The number of carboxylic acids is 1. The Morgan fingerprint density at radius 1 is 1.19 bits per heavy atom. The number of benzene rings is 2. The van der Waals surface area contributed by atoms with E-state index in [1.165, 1.54) is 36.4 Å². The molecule has 6 heteroatoms. The van der Waals surface area contributed by atoms with Gasteiger partial charge >= 0.3 is 5.97 Å². The van der Waals surface area contributed by atoms with Crippen molar-refractivity contribution in [3.8, 4) is 11.5 Å². The third-order valence-corrected chi connectivity index (χ3v) is 2.75. The van der Waals surface area contributed by atoms with Gasteiger partial charge in [0.2, 0.25) is 5.82 Å². The van der Waals surface area contributed by atoms with E-state index in [4.69, 9.17) is 21.4 Å². The Balaban J connectivity index is 2.39. The molecule has 0 aromatic heterocycles. The van der Waals surface area contributed by atoms with Crippen LogP contribution in [0.2, 0.25) is 5.02 Å².